The maximum Gasteiger partial charge on any atom is 0.322 e. The molecular formula is C19H25N3O4. The van der Waals surface area contributed by atoms with Gasteiger partial charge in [-0.2, -0.15) is 0 Å². The molecule has 1 aromatic carbocycles. The van der Waals surface area contributed by atoms with Crippen molar-refractivity contribution >= 4 is 23.6 Å². The zero-order chi connectivity index (χ0) is 18.5. The number of carbonyl (C=O) groups is 3. The van der Waals surface area contributed by atoms with Crippen molar-refractivity contribution in [3.63, 3.8) is 0 Å². The van der Waals surface area contributed by atoms with E-state index in [1.807, 2.05) is 18.2 Å². The number of esters is 1. The number of fused-ring (bicyclic) bond motifs is 1. The van der Waals surface area contributed by atoms with Gasteiger partial charge in [0.05, 0.1) is 19.1 Å². The highest BCUT2D eigenvalue weighted by atomic mass is 16.5. The minimum atomic E-state index is -0.850. The standard InChI is InChI=1S/C19H25N3O4/c1-2-26-17(23)12-16-18(24)21-14-10-6-7-11-15(14)22(16)19(25)20-13-8-4-3-5-9-13/h3-5,8-9,14-16H,2,6-7,10-12H2,1H3,(H,20,25)(H,21,24)/t14-,15+,16-/m0/s1. The van der Waals surface area contributed by atoms with Crippen molar-refractivity contribution in [3.05, 3.63) is 30.3 Å². The lowest BCUT2D eigenvalue weighted by atomic mass is 9.85. The van der Waals surface area contributed by atoms with E-state index in [9.17, 15) is 14.4 Å². The number of piperazine rings is 1. The van der Waals surface area contributed by atoms with E-state index in [0.717, 1.165) is 25.7 Å². The lowest BCUT2D eigenvalue weighted by Gasteiger charge is -2.47. The molecule has 0 radical (unpaired) electrons. The average Bonchev–Trinajstić information content (AvgIpc) is 2.63. The van der Waals surface area contributed by atoms with Crippen LogP contribution >= 0.6 is 0 Å². The van der Waals surface area contributed by atoms with Gasteiger partial charge in [0, 0.05) is 11.7 Å². The Bertz CT molecular complexity index is 664. The van der Waals surface area contributed by atoms with Crippen LogP contribution in [0.5, 0.6) is 0 Å². The molecule has 3 rings (SSSR count). The van der Waals surface area contributed by atoms with E-state index in [-0.39, 0.29) is 37.0 Å². The van der Waals surface area contributed by atoms with Crippen LogP contribution in [0.2, 0.25) is 0 Å². The first kappa shape index (κ1) is 18.2. The number of para-hydroxylation sites is 1. The van der Waals surface area contributed by atoms with Gasteiger partial charge in [-0.25, -0.2) is 4.79 Å². The van der Waals surface area contributed by atoms with Crippen LogP contribution in [0.25, 0.3) is 0 Å². The van der Waals surface area contributed by atoms with Crippen molar-refractivity contribution in [2.24, 2.45) is 0 Å². The minimum Gasteiger partial charge on any atom is -0.466 e. The summed E-state index contributed by atoms with van der Waals surface area (Å²) >= 11 is 0. The highest BCUT2D eigenvalue weighted by molar-refractivity contribution is 5.96. The first-order chi connectivity index (χ1) is 12.6. The van der Waals surface area contributed by atoms with Gasteiger partial charge in [-0.3, -0.25) is 9.59 Å². The number of anilines is 1. The predicted octanol–water partition coefficient (Wildman–Crippen LogP) is 2.28. The van der Waals surface area contributed by atoms with Crippen molar-refractivity contribution in [1.29, 1.82) is 0 Å². The lowest BCUT2D eigenvalue weighted by Crippen LogP contribution is -2.68. The van der Waals surface area contributed by atoms with Gasteiger partial charge in [0.15, 0.2) is 0 Å². The van der Waals surface area contributed by atoms with Crippen LogP contribution in [0.3, 0.4) is 0 Å². The van der Waals surface area contributed by atoms with Gasteiger partial charge in [0.2, 0.25) is 5.91 Å². The second kappa shape index (κ2) is 8.21. The van der Waals surface area contributed by atoms with Crippen LogP contribution in [0.1, 0.15) is 39.0 Å². The summed E-state index contributed by atoms with van der Waals surface area (Å²) in [5.74, 6) is -0.760. The van der Waals surface area contributed by atoms with Crippen LogP contribution < -0.4 is 10.6 Å². The summed E-state index contributed by atoms with van der Waals surface area (Å²) in [6.45, 7) is 1.96. The molecule has 1 saturated carbocycles. The number of carbonyl (C=O) groups excluding carboxylic acids is 3. The van der Waals surface area contributed by atoms with E-state index in [2.05, 4.69) is 10.6 Å². The second-order valence-electron chi connectivity index (χ2n) is 6.70. The zero-order valence-electron chi connectivity index (χ0n) is 14.9. The van der Waals surface area contributed by atoms with Gasteiger partial charge in [-0.15, -0.1) is 0 Å². The number of hydrogen-bond acceptors (Lipinski definition) is 4. The number of benzene rings is 1. The minimum absolute atomic E-state index is 0.0591. The molecule has 0 bridgehead atoms. The predicted molar refractivity (Wildman–Crippen MR) is 96.5 cm³/mol. The fourth-order valence-corrected chi connectivity index (χ4v) is 3.82. The number of nitrogens with zero attached hydrogens (tertiary/aromatic N) is 1. The smallest absolute Gasteiger partial charge is 0.322 e. The molecule has 2 N–H and O–H groups in total. The van der Waals surface area contributed by atoms with E-state index in [0.29, 0.717) is 5.69 Å². The highest BCUT2D eigenvalue weighted by Gasteiger charge is 2.46. The number of nitrogens with one attached hydrogen (secondary N) is 2. The highest BCUT2D eigenvalue weighted by Crippen LogP contribution is 2.30. The number of rotatable bonds is 4. The zero-order valence-corrected chi connectivity index (χ0v) is 14.9. The number of urea groups is 1. The Kier molecular flexibility index (Phi) is 5.75. The molecule has 2 aliphatic rings. The summed E-state index contributed by atoms with van der Waals surface area (Å²) in [6, 6.07) is 7.75. The van der Waals surface area contributed by atoms with Crippen LogP contribution in [0.4, 0.5) is 10.5 Å². The molecule has 1 heterocycles. The third-order valence-corrected chi connectivity index (χ3v) is 4.98. The van der Waals surface area contributed by atoms with E-state index in [4.69, 9.17) is 4.74 Å². The van der Waals surface area contributed by atoms with E-state index in [1.54, 1.807) is 24.0 Å². The Morgan fingerprint density at radius 3 is 2.69 bits per heavy atom. The molecular weight excluding hydrogens is 334 g/mol. The molecule has 140 valence electrons. The summed E-state index contributed by atoms with van der Waals surface area (Å²) in [6.07, 6.45) is 3.55. The van der Waals surface area contributed by atoms with Gasteiger partial charge < -0.3 is 20.3 Å². The van der Waals surface area contributed by atoms with Crippen molar-refractivity contribution in [3.8, 4) is 0 Å². The quantitative estimate of drug-likeness (QED) is 0.808. The third-order valence-electron chi connectivity index (χ3n) is 4.98. The lowest BCUT2D eigenvalue weighted by molar-refractivity contribution is -0.148. The molecule has 1 aliphatic heterocycles. The summed E-state index contributed by atoms with van der Waals surface area (Å²) in [5, 5.41) is 5.85. The average molecular weight is 359 g/mol. The number of amides is 3. The molecule has 1 aromatic rings. The summed E-state index contributed by atoms with van der Waals surface area (Å²) in [5.41, 5.74) is 0.658. The molecule has 3 atom stereocenters. The van der Waals surface area contributed by atoms with Gasteiger partial charge in [0.1, 0.15) is 6.04 Å². The SMILES string of the molecule is CCOC(=O)C[C@H]1C(=O)N[C@H]2CCCC[C@H]2N1C(=O)Nc1ccccc1. The molecule has 0 unspecified atom stereocenters. The summed E-state index contributed by atoms with van der Waals surface area (Å²) in [4.78, 5) is 39.2. The fourth-order valence-electron chi connectivity index (χ4n) is 3.82. The van der Waals surface area contributed by atoms with E-state index < -0.39 is 12.0 Å². The molecule has 7 nitrogen and oxygen atoms in total. The molecule has 26 heavy (non-hydrogen) atoms. The summed E-state index contributed by atoms with van der Waals surface area (Å²) in [7, 11) is 0. The van der Waals surface area contributed by atoms with Crippen LogP contribution in [-0.4, -0.2) is 47.5 Å². The first-order valence-electron chi connectivity index (χ1n) is 9.20. The van der Waals surface area contributed by atoms with E-state index >= 15 is 0 Å². The van der Waals surface area contributed by atoms with E-state index in [1.165, 1.54) is 0 Å². The van der Waals surface area contributed by atoms with Gasteiger partial charge in [-0.05, 0) is 31.9 Å². The van der Waals surface area contributed by atoms with Crippen molar-refractivity contribution in [2.45, 2.75) is 57.2 Å². The maximum atomic E-state index is 13.0. The normalized spacial score (nSPS) is 25.0. The molecule has 7 heteroatoms. The molecule has 3 amide bonds. The van der Waals surface area contributed by atoms with Crippen LogP contribution in [0.15, 0.2) is 30.3 Å². The van der Waals surface area contributed by atoms with Crippen LogP contribution in [0, 0.1) is 0 Å². The number of ether oxygens (including phenoxy) is 1. The largest absolute Gasteiger partial charge is 0.466 e. The third kappa shape index (κ3) is 3.98. The van der Waals surface area contributed by atoms with Crippen LogP contribution in [-0.2, 0) is 14.3 Å². The topological polar surface area (TPSA) is 87.7 Å². The number of hydrogen-bond donors (Lipinski definition) is 2. The van der Waals surface area contributed by atoms with Gasteiger partial charge >= 0.3 is 12.0 Å². The molecule has 2 fully saturated rings. The molecule has 1 aliphatic carbocycles. The second-order valence-corrected chi connectivity index (χ2v) is 6.70. The molecule has 0 spiro atoms. The Morgan fingerprint density at radius 2 is 1.96 bits per heavy atom. The van der Waals surface area contributed by atoms with Crippen molar-refractivity contribution in [2.75, 3.05) is 11.9 Å². The Morgan fingerprint density at radius 1 is 1.23 bits per heavy atom. The molecule has 0 aromatic heterocycles. The van der Waals surface area contributed by atoms with Gasteiger partial charge in [0.25, 0.3) is 0 Å². The monoisotopic (exact) mass is 359 g/mol. The maximum absolute atomic E-state index is 13.0. The molecule has 1 saturated heterocycles. The van der Waals surface area contributed by atoms with Gasteiger partial charge in [-0.1, -0.05) is 31.0 Å². The Hall–Kier alpha value is -2.57. The first-order valence-corrected chi connectivity index (χ1v) is 9.20. The fraction of sp³-hybridized carbons (Fsp3) is 0.526. The van der Waals surface area contributed by atoms with Crippen molar-refractivity contribution < 1.29 is 19.1 Å². The Balaban J connectivity index is 1.83. The summed E-state index contributed by atoms with van der Waals surface area (Å²) < 4.78 is 5.00. The Labute approximate surface area is 153 Å². The van der Waals surface area contributed by atoms with Crippen molar-refractivity contribution in [1.82, 2.24) is 10.2 Å².